The molecule has 28 heavy (non-hydrogen) atoms. The second kappa shape index (κ2) is 9.42. The number of sulfonamides is 1. The van der Waals surface area contributed by atoms with Crippen LogP contribution in [0.4, 0.5) is 10.1 Å². The lowest BCUT2D eigenvalue weighted by molar-refractivity contribution is 0.0730. The molecule has 1 aliphatic rings. The maximum Gasteiger partial charge on any atom is 0.243 e. The highest BCUT2D eigenvalue weighted by Gasteiger charge is 2.26. The van der Waals surface area contributed by atoms with Crippen LogP contribution in [0, 0.1) is 5.82 Å². The topological polar surface area (TPSA) is 70.7 Å². The molecule has 0 aliphatic carbocycles. The molecule has 3 rings (SSSR count). The van der Waals surface area contributed by atoms with Gasteiger partial charge in [-0.3, -0.25) is 0 Å². The van der Waals surface area contributed by atoms with Crippen LogP contribution in [0.5, 0.6) is 0 Å². The molecule has 2 aromatic carbocycles. The van der Waals surface area contributed by atoms with Gasteiger partial charge in [-0.1, -0.05) is 12.1 Å². The lowest BCUT2D eigenvalue weighted by Gasteiger charge is -2.26. The summed E-state index contributed by atoms with van der Waals surface area (Å²) in [5.41, 5.74) is 1.70. The van der Waals surface area contributed by atoms with Crippen molar-refractivity contribution < 1.29 is 17.5 Å². The van der Waals surface area contributed by atoms with Crippen molar-refractivity contribution in [1.82, 2.24) is 9.62 Å². The highest BCUT2D eigenvalue weighted by atomic mass is 32.2. The molecule has 0 saturated carbocycles. The van der Waals surface area contributed by atoms with Crippen LogP contribution in [0.25, 0.3) is 0 Å². The Morgan fingerprint density at radius 2 is 1.71 bits per heavy atom. The average Bonchev–Trinajstić information content (AvgIpc) is 2.70. The minimum atomic E-state index is -3.50. The normalized spacial score (nSPS) is 15.2. The molecule has 0 aromatic heterocycles. The number of hydrogen-bond acceptors (Lipinski definition) is 4. The third kappa shape index (κ3) is 5.48. The van der Waals surface area contributed by atoms with Crippen LogP contribution in [0.1, 0.15) is 5.56 Å². The van der Waals surface area contributed by atoms with Crippen molar-refractivity contribution in [2.45, 2.75) is 11.3 Å². The summed E-state index contributed by atoms with van der Waals surface area (Å²) in [6.45, 7) is 2.16. The second-order valence-corrected chi connectivity index (χ2v) is 8.64. The monoisotopic (exact) mass is 423 g/mol. The molecule has 2 aromatic rings. The van der Waals surface area contributed by atoms with E-state index >= 15 is 0 Å². The van der Waals surface area contributed by atoms with E-state index in [1.807, 2.05) is 0 Å². The summed E-state index contributed by atoms with van der Waals surface area (Å²) in [5.74, 6) is -0.257. The van der Waals surface area contributed by atoms with Crippen LogP contribution in [-0.4, -0.2) is 50.7 Å². The Labute approximate surface area is 169 Å². The molecular formula is C19H22FN3O3S2. The molecular weight excluding hydrogens is 401 g/mol. The van der Waals surface area contributed by atoms with Crippen molar-refractivity contribution in [1.29, 1.82) is 0 Å². The zero-order valence-electron chi connectivity index (χ0n) is 15.2. The maximum absolute atomic E-state index is 12.9. The number of nitrogens with one attached hydrogen (secondary N) is 2. The van der Waals surface area contributed by atoms with Gasteiger partial charge in [0.05, 0.1) is 18.1 Å². The molecule has 150 valence electrons. The highest BCUT2D eigenvalue weighted by Crippen LogP contribution is 2.19. The SMILES string of the molecule is O=S(=O)(c1ccc(NC(=S)NCCc2ccc(F)cc2)cc1)N1CCOCC1. The predicted molar refractivity (Wildman–Crippen MR) is 110 cm³/mol. The Bertz CT molecular complexity index is 897. The number of nitrogens with zero attached hydrogens (tertiary/aromatic N) is 1. The van der Waals surface area contributed by atoms with Crippen molar-refractivity contribution in [3.05, 3.63) is 59.9 Å². The first-order valence-electron chi connectivity index (χ1n) is 8.92. The van der Waals surface area contributed by atoms with E-state index in [1.54, 1.807) is 36.4 Å². The minimum Gasteiger partial charge on any atom is -0.379 e. The van der Waals surface area contributed by atoms with Gasteiger partial charge in [0.1, 0.15) is 5.82 Å². The first-order valence-corrected chi connectivity index (χ1v) is 10.8. The fraction of sp³-hybridized carbons (Fsp3) is 0.316. The lowest BCUT2D eigenvalue weighted by atomic mass is 10.1. The number of morpholine rings is 1. The quantitative estimate of drug-likeness (QED) is 0.696. The molecule has 0 atom stereocenters. The molecule has 6 nitrogen and oxygen atoms in total. The predicted octanol–water partition coefficient (Wildman–Crippen LogP) is 2.38. The van der Waals surface area contributed by atoms with E-state index in [9.17, 15) is 12.8 Å². The van der Waals surface area contributed by atoms with Crippen LogP contribution >= 0.6 is 12.2 Å². The molecule has 1 saturated heterocycles. The molecule has 0 unspecified atom stereocenters. The van der Waals surface area contributed by atoms with E-state index in [0.29, 0.717) is 50.1 Å². The maximum atomic E-state index is 12.9. The van der Waals surface area contributed by atoms with E-state index in [1.165, 1.54) is 16.4 Å². The summed E-state index contributed by atoms with van der Waals surface area (Å²) in [6.07, 6.45) is 0.707. The summed E-state index contributed by atoms with van der Waals surface area (Å²) in [5, 5.41) is 6.54. The molecule has 0 bridgehead atoms. The van der Waals surface area contributed by atoms with Crippen LogP contribution < -0.4 is 10.6 Å². The number of anilines is 1. The van der Waals surface area contributed by atoms with E-state index in [-0.39, 0.29) is 10.7 Å². The first-order chi connectivity index (χ1) is 13.4. The van der Waals surface area contributed by atoms with Gasteiger partial charge in [0.25, 0.3) is 0 Å². The Morgan fingerprint density at radius 1 is 1.07 bits per heavy atom. The fourth-order valence-corrected chi connectivity index (χ4v) is 4.42. The van der Waals surface area contributed by atoms with Crippen molar-refractivity contribution in [3.8, 4) is 0 Å². The van der Waals surface area contributed by atoms with E-state index in [2.05, 4.69) is 10.6 Å². The largest absolute Gasteiger partial charge is 0.379 e. The Morgan fingerprint density at radius 3 is 2.36 bits per heavy atom. The van der Waals surface area contributed by atoms with Gasteiger partial charge in [-0.05, 0) is 60.6 Å². The summed E-state index contributed by atoms with van der Waals surface area (Å²) < 4.78 is 44.7. The molecule has 1 aliphatic heterocycles. The second-order valence-electron chi connectivity index (χ2n) is 6.30. The lowest BCUT2D eigenvalue weighted by Crippen LogP contribution is -2.40. The van der Waals surface area contributed by atoms with Gasteiger partial charge in [-0.25, -0.2) is 12.8 Å². The zero-order chi connectivity index (χ0) is 20.0. The number of ether oxygens (including phenoxy) is 1. The van der Waals surface area contributed by atoms with Crippen molar-refractivity contribution in [3.63, 3.8) is 0 Å². The minimum absolute atomic E-state index is 0.245. The van der Waals surface area contributed by atoms with E-state index in [0.717, 1.165) is 5.56 Å². The summed E-state index contributed by atoms with van der Waals surface area (Å²) in [7, 11) is -3.50. The summed E-state index contributed by atoms with van der Waals surface area (Å²) >= 11 is 5.26. The first kappa shape index (κ1) is 20.7. The van der Waals surface area contributed by atoms with Crippen LogP contribution in [0.15, 0.2) is 53.4 Å². The van der Waals surface area contributed by atoms with Crippen LogP contribution in [-0.2, 0) is 21.2 Å². The van der Waals surface area contributed by atoms with E-state index < -0.39 is 10.0 Å². The summed E-state index contributed by atoms with van der Waals surface area (Å²) in [4.78, 5) is 0.245. The number of benzene rings is 2. The van der Waals surface area contributed by atoms with Gasteiger partial charge in [0.15, 0.2) is 5.11 Å². The van der Waals surface area contributed by atoms with Crippen LogP contribution in [0.3, 0.4) is 0 Å². The number of hydrogen-bond donors (Lipinski definition) is 2. The van der Waals surface area contributed by atoms with Gasteiger partial charge in [-0.2, -0.15) is 4.31 Å². The van der Waals surface area contributed by atoms with Gasteiger partial charge >= 0.3 is 0 Å². The third-order valence-electron chi connectivity index (χ3n) is 4.33. The smallest absolute Gasteiger partial charge is 0.243 e. The van der Waals surface area contributed by atoms with Gasteiger partial charge in [-0.15, -0.1) is 0 Å². The molecule has 0 radical (unpaired) electrons. The number of halogens is 1. The highest BCUT2D eigenvalue weighted by molar-refractivity contribution is 7.89. The van der Waals surface area contributed by atoms with Crippen LogP contribution in [0.2, 0.25) is 0 Å². The number of rotatable bonds is 6. The fourth-order valence-electron chi connectivity index (χ4n) is 2.79. The van der Waals surface area contributed by atoms with Crippen molar-refractivity contribution in [2.75, 3.05) is 38.2 Å². The third-order valence-corrected chi connectivity index (χ3v) is 6.49. The van der Waals surface area contributed by atoms with Gasteiger partial charge in [0.2, 0.25) is 10.0 Å². The average molecular weight is 424 g/mol. The molecule has 1 heterocycles. The van der Waals surface area contributed by atoms with E-state index in [4.69, 9.17) is 17.0 Å². The Balaban J connectivity index is 1.50. The Kier molecular flexibility index (Phi) is 6.95. The Hall–Kier alpha value is -2.07. The molecule has 9 heteroatoms. The van der Waals surface area contributed by atoms with Crippen molar-refractivity contribution >= 4 is 33.0 Å². The summed E-state index contributed by atoms with van der Waals surface area (Å²) in [6, 6.07) is 12.8. The molecule has 0 amide bonds. The van der Waals surface area contributed by atoms with Gasteiger partial charge in [0, 0.05) is 25.3 Å². The number of thiocarbonyl (C=S) groups is 1. The molecule has 2 N–H and O–H groups in total. The standard InChI is InChI=1S/C19H22FN3O3S2/c20-16-3-1-15(2-4-16)9-10-21-19(27)22-17-5-7-18(8-6-17)28(24,25)23-11-13-26-14-12-23/h1-8H,9-14H2,(H2,21,22,27). The van der Waals surface area contributed by atoms with Gasteiger partial charge < -0.3 is 15.4 Å². The van der Waals surface area contributed by atoms with Crippen molar-refractivity contribution in [2.24, 2.45) is 0 Å². The molecule has 0 spiro atoms. The molecule has 1 fully saturated rings. The zero-order valence-corrected chi connectivity index (χ0v) is 16.9.